The van der Waals surface area contributed by atoms with E-state index in [1.54, 1.807) is 5.30 Å². The monoisotopic (exact) mass is 178 g/mol. The Hall–Kier alpha value is -0.350. The van der Waals surface area contributed by atoms with E-state index in [0.717, 1.165) is 11.3 Å². The summed E-state index contributed by atoms with van der Waals surface area (Å²) in [6.07, 6.45) is 1.43. The van der Waals surface area contributed by atoms with Crippen LogP contribution < -0.4 is 5.30 Å². The lowest BCUT2D eigenvalue weighted by atomic mass is 10.2. The van der Waals surface area contributed by atoms with Crippen LogP contribution in [0.25, 0.3) is 0 Å². The quantitative estimate of drug-likeness (QED) is 0.580. The standard InChI is InChI=1S/C11H15P/c1-9-8-10(2)12(9)11-6-4-3-5-7-11/h3-7,9-10H,8H2,1-2H3/t9-,10-/m0/s1. The fourth-order valence-corrected chi connectivity index (χ4v) is 5.22. The highest BCUT2D eigenvalue weighted by Gasteiger charge is 2.34. The van der Waals surface area contributed by atoms with Crippen LogP contribution >= 0.6 is 7.92 Å². The van der Waals surface area contributed by atoms with Gasteiger partial charge in [0.15, 0.2) is 0 Å². The van der Waals surface area contributed by atoms with Crippen molar-refractivity contribution in [2.45, 2.75) is 31.6 Å². The minimum Gasteiger partial charge on any atom is -0.0695 e. The highest BCUT2D eigenvalue weighted by Crippen LogP contribution is 2.57. The highest BCUT2D eigenvalue weighted by atomic mass is 31.1. The van der Waals surface area contributed by atoms with E-state index < -0.39 is 0 Å². The molecule has 0 aromatic heterocycles. The van der Waals surface area contributed by atoms with Gasteiger partial charge in [0, 0.05) is 0 Å². The van der Waals surface area contributed by atoms with Crippen LogP contribution in [-0.2, 0) is 0 Å². The van der Waals surface area contributed by atoms with Crippen LogP contribution in [-0.4, -0.2) is 11.3 Å². The Morgan fingerprint density at radius 3 is 2.17 bits per heavy atom. The van der Waals surface area contributed by atoms with E-state index in [1.165, 1.54) is 6.42 Å². The van der Waals surface area contributed by atoms with E-state index in [9.17, 15) is 0 Å². The summed E-state index contributed by atoms with van der Waals surface area (Å²) >= 11 is 0. The maximum absolute atomic E-state index is 2.39. The minimum absolute atomic E-state index is 0.185. The van der Waals surface area contributed by atoms with Gasteiger partial charge in [0.25, 0.3) is 0 Å². The molecule has 0 aliphatic carbocycles. The summed E-state index contributed by atoms with van der Waals surface area (Å²) in [4.78, 5) is 0. The molecular weight excluding hydrogens is 163 g/mol. The molecule has 1 aromatic rings. The van der Waals surface area contributed by atoms with Crippen molar-refractivity contribution >= 4 is 13.2 Å². The second kappa shape index (κ2) is 3.18. The van der Waals surface area contributed by atoms with Gasteiger partial charge in [-0.05, 0) is 23.0 Å². The zero-order valence-electron chi connectivity index (χ0n) is 7.70. The van der Waals surface area contributed by atoms with Crippen molar-refractivity contribution in [2.75, 3.05) is 0 Å². The molecule has 0 N–H and O–H groups in total. The fraction of sp³-hybridized carbons (Fsp3) is 0.455. The number of hydrogen-bond acceptors (Lipinski definition) is 0. The lowest BCUT2D eigenvalue weighted by Crippen LogP contribution is -2.30. The molecule has 64 valence electrons. The summed E-state index contributed by atoms with van der Waals surface area (Å²) in [7, 11) is 0.185. The zero-order chi connectivity index (χ0) is 8.55. The summed E-state index contributed by atoms with van der Waals surface area (Å²) < 4.78 is 0. The third kappa shape index (κ3) is 1.29. The van der Waals surface area contributed by atoms with Crippen molar-refractivity contribution in [2.24, 2.45) is 0 Å². The van der Waals surface area contributed by atoms with Crippen LogP contribution in [0.2, 0.25) is 0 Å². The Labute approximate surface area is 75.7 Å². The average Bonchev–Trinajstić information content (AvgIpc) is 2.05. The molecule has 2 rings (SSSR count). The fourth-order valence-electron chi connectivity index (χ4n) is 2.13. The van der Waals surface area contributed by atoms with Crippen molar-refractivity contribution in [1.29, 1.82) is 0 Å². The van der Waals surface area contributed by atoms with Gasteiger partial charge >= 0.3 is 0 Å². The lowest BCUT2D eigenvalue weighted by Gasteiger charge is -2.42. The molecule has 12 heavy (non-hydrogen) atoms. The smallest absolute Gasteiger partial charge is 0.0189 e. The molecule has 1 aliphatic rings. The maximum atomic E-state index is 2.39. The molecule has 0 radical (unpaired) electrons. The Bertz CT molecular complexity index is 247. The van der Waals surface area contributed by atoms with Crippen LogP contribution in [0.15, 0.2) is 30.3 Å². The van der Waals surface area contributed by atoms with E-state index in [1.807, 2.05) is 0 Å². The topological polar surface area (TPSA) is 0 Å². The van der Waals surface area contributed by atoms with Crippen LogP contribution in [0.4, 0.5) is 0 Å². The highest BCUT2D eigenvalue weighted by molar-refractivity contribution is 7.68. The second-order valence-corrected chi connectivity index (χ2v) is 6.77. The van der Waals surface area contributed by atoms with Gasteiger partial charge in [-0.3, -0.25) is 0 Å². The van der Waals surface area contributed by atoms with Crippen molar-refractivity contribution in [3.05, 3.63) is 30.3 Å². The molecule has 0 nitrogen and oxygen atoms in total. The number of rotatable bonds is 1. The molecular formula is C11H15P. The van der Waals surface area contributed by atoms with Gasteiger partial charge in [0.2, 0.25) is 0 Å². The largest absolute Gasteiger partial charge is 0.0695 e. The molecule has 1 heterocycles. The van der Waals surface area contributed by atoms with Gasteiger partial charge in [-0.15, -0.1) is 0 Å². The number of benzene rings is 1. The molecule has 0 saturated carbocycles. The van der Waals surface area contributed by atoms with Crippen LogP contribution in [0.1, 0.15) is 20.3 Å². The summed E-state index contributed by atoms with van der Waals surface area (Å²) in [6.45, 7) is 4.78. The molecule has 1 fully saturated rings. The maximum Gasteiger partial charge on any atom is -0.0189 e. The van der Waals surface area contributed by atoms with Crippen molar-refractivity contribution < 1.29 is 0 Å². The minimum atomic E-state index is 0.185. The molecule has 0 unspecified atom stereocenters. The molecule has 1 heteroatoms. The molecule has 1 aromatic carbocycles. The van der Waals surface area contributed by atoms with E-state index in [0.29, 0.717) is 0 Å². The summed E-state index contributed by atoms with van der Waals surface area (Å²) in [5.74, 6) is 0. The summed E-state index contributed by atoms with van der Waals surface area (Å²) in [6, 6.07) is 11.0. The molecule has 0 bridgehead atoms. The summed E-state index contributed by atoms with van der Waals surface area (Å²) in [5, 5.41) is 1.60. The van der Waals surface area contributed by atoms with Gasteiger partial charge in [-0.2, -0.15) is 0 Å². The molecule has 0 amide bonds. The van der Waals surface area contributed by atoms with Crippen LogP contribution in [0.5, 0.6) is 0 Å². The normalized spacial score (nSPS) is 29.8. The van der Waals surface area contributed by atoms with E-state index in [2.05, 4.69) is 44.2 Å². The van der Waals surface area contributed by atoms with E-state index in [-0.39, 0.29) is 7.92 Å². The molecule has 2 atom stereocenters. The molecule has 1 saturated heterocycles. The van der Waals surface area contributed by atoms with Crippen LogP contribution in [0.3, 0.4) is 0 Å². The van der Waals surface area contributed by atoms with Crippen molar-refractivity contribution in [1.82, 2.24) is 0 Å². The van der Waals surface area contributed by atoms with Gasteiger partial charge in [0.1, 0.15) is 0 Å². The third-order valence-electron chi connectivity index (χ3n) is 2.69. The van der Waals surface area contributed by atoms with E-state index >= 15 is 0 Å². The lowest BCUT2D eigenvalue weighted by molar-refractivity contribution is 0.714. The van der Waals surface area contributed by atoms with E-state index in [4.69, 9.17) is 0 Å². The number of hydrogen-bond donors (Lipinski definition) is 0. The first-order valence-electron chi connectivity index (χ1n) is 4.62. The average molecular weight is 178 g/mol. The molecule has 0 spiro atoms. The Morgan fingerprint density at radius 1 is 1.08 bits per heavy atom. The first-order valence-corrected chi connectivity index (χ1v) is 6.10. The van der Waals surface area contributed by atoms with Gasteiger partial charge in [0.05, 0.1) is 0 Å². The van der Waals surface area contributed by atoms with Crippen molar-refractivity contribution in [3.63, 3.8) is 0 Å². The van der Waals surface area contributed by atoms with Crippen LogP contribution in [0, 0.1) is 0 Å². The second-order valence-electron chi connectivity index (χ2n) is 3.68. The zero-order valence-corrected chi connectivity index (χ0v) is 8.59. The first-order chi connectivity index (χ1) is 5.79. The van der Waals surface area contributed by atoms with Gasteiger partial charge < -0.3 is 0 Å². The van der Waals surface area contributed by atoms with Gasteiger partial charge in [-0.25, -0.2) is 0 Å². The first kappa shape index (κ1) is 8.26. The third-order valence-corrected chi connectivity index (χ3v) is 5.90. The SMILES string of the molecule is C[C@H]1C[C@H](C)P1c1ccccc1. The van der Waals surface area contributed by atoms with Crippen molar-refractivity contribution in [3.8, 4) is 0 Å². The Balaban J connectivity index is 2.20. The molecule has 1 aliphatic heterocycles. The Morgan fingerprint density at radius 2 is 1.67 bits per heavy atom. The van der Waals surface area contributed by atoms with Gasteiger partial charge in [-0.1, -0.05) is 52.1 Å². The Kier molecular flexibility index (Phi) is 2.19. The predicted molar refractivity (Wildman–Crippen MR) is 56.5 cm³/mol. The predicted octanol–water partition coefficient (Wildman–Crippen LogP) is 2.97. The summed E-state index contributed by atoms with van der Waals surface area (Å²) in [5.41, 5.74) is 1.91.